The van der Waals surface area contributed by atoms with Crippen molar-refractivity contribution >= 4 is 29.3 Å². The summed E-state index contributed by atoms with van der Waals surface area (Å²) in [5, 5.41) is 2.74. The van der Waals surface area contributed by atoms with Gasteiger partial charge in [0.25, 0.3) is 5.91 Å². The summed E-state index contributed by atoms with van der Waals surface area (Å²) in [5.41, 5.74) is 2.37. The Hall–Kier alpha value is -2.27. The highest BCUT2D eigenvalue weighted by Crippen LogP contribution is 2.23. The SMILES string of the molecule is C[C@H](SCc1ccccc1)C(=O)Nc1ccccc1C(=O)N1CCCC1. The van der Waals surface area contributed by atoms with Crippen molar-refractivity contribution in [2.24, 2.45) is 0 Å². The molecule has 1 aliphatic rings. The molecular formula is C21H24N2O2S. The van der Waals surface area contributed by atoms with Crippen molar-refractivity contribution < 1.29 is 9.59 Å². The number of thioether (sulfide) groups is 1. The molecule has 1 fully saturated rings. The molecular weight excluding hydrogens is 344 g/mol. The standard InChI is InChI=1S/C21H24N2O2S/c1-16(26-15-17-9-3-2-4-10-17)20(24)22-19-12-6-5-11-18(19)21(25)23-13-7-8-14-23/h2-6,9-12,16H,7-8,13-15H2,1H3,(H,22,24)/t16-/m0/s1. The smallest absolute Gasteiger partial charge is 0.255 e. The second-order valence-corrected chi connectivity index (χ2v) is 7.80. The second kappa shape index (κ2) is 8.90. The van der Waals surface area contributed by atoms with Gasteiger partial charge in [0.2, 0.25) is 5.91 Å². The lowest BCUT2D eigenvalue weighted by Crippen LogP contribution is -2.30. The van der Waals surface area contributed by atoms with Crippen LogP contribution in [0.25, 0.3) is 0 Å². The minimum Gasteiger partial charge on any atom is -0.339 e. The molecule has 0 bridgehead atoms. The van der Waals surface area contributed by atoms with Gasteiger partial charge in [-0.2, -0.15) is 0 Å². The van der Waals surface area contributed by atoms with Crippen molar-refractivity contribution in [2.75, 3.05) is 18.4 Å². The Labute approximate surface area is 159 Å². The van der Waals surface area contributed by atoms with E-state index < -0.39 is 0 Å². The lowest BCUT2D eigenvalue weighted by atomic mass is 10.1. The normalized spacial score (nSPS) is 14.9. The number of carbonyl (C=O) groups excluding carboxylic acids is 2. The van der Waals surface area contributed by atoms with Gasteiger partial charge in [-0.3, -0.25) is 9.59 Å². The Bertz CT molecular complexity index is 758. The Morgan fingerprint density at radius 2 is 1.69 bits per heavy atom. The topological polar surface area (TPSA) is 49.4 Å². The van der Waals surface area contributed by atoms with E-state index in [-0.39, 0.29) is 17.1 Å². The summed E-state index contributed by atoms with van der Waals surface area (Å²) in [7, 11) is 0. The first-order valence-electron chi connectivity index (χ1n) is 9.00. The van der Waals surface area contributed by atoms with E-state index in [9.17, 15) is 9.59 Å². The number of nitrogens with one attached hydrogen (secondary N) is 1. The van der Waals surface area contributed by atoms with E-state index in [1.54, 1.807) is 23.9 Å². The van der Waals surface area contributed by atoms with Gasteiger partial charge in [0, 0.05) is 18.8 Å². The largest absolute Gasteiger partial charge is 0.339 e. The van der Waals surface area contributed by atoms with Gasteiger partial charge in [-0.05, 0) is 37.5 Å². The molecule has 1 heterocycles. The van der Waals surface area contributed by atoms with Crippen LogP contribution in [0.2, 0.25) is 0 Å². The maximum absolute atomic E-state index is 12.7. The van der Waals surface area contributed by atoms with Crippen LogP contribution in [0.3, 0.4) is 0 Å². The molecule has 2 aromatic carbocycles. The van der Waals surface area contributed by atoms with E-state index in [0.717, 1.165) is 31.7 Å². The Morgan fingerprint density at radius 3 is 2.42 bits per heavy atom. The van der Waals surface area contributed by atoms with E-state index in [4.69, 9.17) is 0 Å². The van der Waals surface area contributed by atoms with Gasteiger partial charge in [0.1, 0.15) is 0 Å². The summed E-state index contributed by atoms with van der Waals surface area (Å²) in [5.74, 6) is 0.708. The fourth-order valence-corrected chi connectivity index (χ4v) is 3.82. The lowest BCUT2D eigenvalue weighted by molar-refractivity contribution is -0.115. The zero-order chi connectivity index (χ0) is 18.4. The van der Waals surface area contributed by atoms with Crippen molar-refractivity contribution in [1.82, 2.24) is 4.90 Å². The van der Waals surface area contributed by atoms with Gasteiger partial charge in [-0.15, -0.1) is 11.8 Å². The molecule has 1 saturated heterocycles. The number of nitrogens with zero attached hydrogens (tertiary/aromatic N) is 1. The van der Waals surface area contributed by atoms with Crippen LogP contribution in [0.4, 0.5) is 5.69 Å². The maximum atomic E-state index is 12.7. The average Bonchev–Trinajstić information content (AvgIpc) is 3.21. The highest BCUT2D eigenvalue weighted by Gasteiger charge is 2.23. The fraction of sp³-hybridized carbons (Fsp3) is 0.333. The summed E-state index contributed by atoms with van der Waals surface area (Å²) in [6.07, 6.45) is 2.10. The van der Waals surface area contributed by atoms with Crippen molar-refractivity contribution in [1.29, 1.82) is 0 Å². The molecule has 1 aliphatic heterocycles. The van der Waals surface area contributed by atoms with Crippen molar-refractivity contribution in [2.45, 2.75) is 30.8 Å². The molecule has 0 aliphatic carbocycles. The predicted octanol–water partition coefficient (Wildman–Crippen LogP) is 4.18. The van der Waals surface area contributed by atoms with Gasteiger partial charge >= 0.3 is 0 Å². The number of benzene rings is 2. The molecule has 0 spiro atoms. The van der Waals surface area contributed by atoms with E-state index in [1.165, 1.54) is 5.56 Å². The van der Waals surface area contributed by atoms with E-state index in [1.807, 2.05) is 42.2 Å². The Morgan fingerprint density at radius 1 is 1.04 bits per heavy atom. The fourth-order valence-electron chi connectivity index (χ4n) is 2.97. The molecule has 1 atom stereocenters. The third kappa shape index (κ3) is 4.67. The molecule has 4 nitrogen and oxygen atoms in total. The highest BCUT2D eigenvalue weighted by molar-refractivity contribution is 7.99. The minimum atomic E-state index is -0.204. The van der Waals surface area contributed by atoms with Crippen LogP contribution in [0, 0.1) is 0 Å². The van der Waals surface area contributed by atoms with Gasteiger partial charge < -0.3 is 10.2 Å². The number of amides is 2. The molecule has 0 saturated carbocycles. The van der Waals surface area contributed by atoms with Crippen LogP contribution < -0.4 is 5.32 Å². The molecule has 2 aromatic rings. The number of anilines is 1. The first-order valence-corrected chi connectivity index (χ1v) is 10.0. The predicted molar refractivity (Wildman–Crippen MR) is 107 cm³/mol. The molecule has 3 rings (SSSR count). The average molecular weight is 369 g/mol. The number of para-hydroxylation sites is 1. The summed E-state index contributed by atoms with van der Waals surface area (Å²) < 4.78 is 0. The Balaban J connectivity index is 1.62. The molecule has 1 N–H and O–H groups in total. The maximum Gasteiger partial charge on any atom is 0.255 e. The van der Waals surface area contributed by atoms with Crippen molar-refractivity contribution in [3.8, 4) is 0 Å². The van der Waals surface area contributed by atoms with Gasteiger partial charge in [0.15, 0.2) is 0 Å². The monoisotopic (exact) mass is 368 g/mol. The van der Waals surface area contributed by atoms with Gasteiger partial charge in [0.05, 0.1) is 16.5 Å². The van der Waals surface area contributed by atoms with E-state index in [0.29, 0.717) is 11.3 Å². The van der Waals surface area contributed by atoms with Crippen molar-refractivity contribution in [3.63, 3.8) is 0 Å². The van der Waals surface area contributed by atoms with Crippen LogP contribution >= 0.6 is 11.8 Å². The van der Waals surface area contributed by atoms with Gasteiger partial charge in [-0.25, -0.2) is 0 Å². The number of hydrogen-bond acceptors (Lipinski definition) is 3. The molecule has 136 valence electrons. The summed E-state index contributed by atoms with van der Waals surface area (Å²) in [4.78, 5) is 27.1. The summed E-state index contributed by atoms with van der Waals surface area (Å²) >= 11 is 1.59. The second-order valence-electron chi connectivity index (χ2n) is 6.47. The zero-order valence-corrected chi connectivity index (χ0v) is 15.8. The first kappa shape index (κ1) is 18.5. The molecule has 5 heteroatoms. The summed E-state index contributed by atoms with van der Waals surface area (Å²) in [6.45, 7) is 3.49. The quantitative estimate of drug-likeness (QED) is 0.832. The lowest BCUT2D eigenvalue weighted by Gasteiger charge is -2.19. The molecule has 0 unspecified atom stereocenters. The zero-order valence-electron chi connectivity index (χ0n) is 15.0. The Kier molecular flexibility index (Phi) is 6.34. The van der Waals surface area contributed by atoms with Crippen LogP contribution in [-0.4, -0.2) is 35.1 Å². The minimum absolute atomic E-state index is 0.00277. The first-order chi connectivity index (χ1) is 12.6. The number of carbonyl (C=O) groups is 2. The van der Waals surface area contributed by atoms with E-state index >= 15 is 0 Å². The molecule has 2 amide bonds. The molecule has 0 radical (unpaired) electrons. The number of rotatable bonds is 6. The van der Waals surface area contributed by atoms with Gasteiger partial charge in [-0.1, -0.05) is 42.5 Å². The van der Waals surface area contributed by atoms with Crippen LogP contribution in [-0.2, 0) is 10.5 Å². The third-order valence-electron chi connectivity index (χ3n) is 4.52. The third-order valence-corrected chi connectivity index (χ3v) is 5.73. The molecule has 0 aromatic heterocycles. The van der Waals surface area contributed by atoms with Crippen LogP contribution in [0.5, 0.6) is 0 Å². The highest BCUT2D eigenvalue weighted by atomic mass is 32.2. The number of likely N-dealkylation sites (tertiary alicyclic amines) is 1. The van der Waals surface area contributed by atoms with Crippen molar-refractivity contribution in [3.05, 3.63) is 65.7 Å². The summed E-state index contributed by atoms with van der Waals surface area (Å²) in [6, 6.07) is 17.4. The molecule has 26 heavy (non-hydrogen) atoms. The van der Waals surface area contributed by atoms with E-state index in [2.05, 4.69) is 17.4 Å². The van der Waals surface area contributed by atoms with Crippen LogP contribution in [0.15, 0.2) is 54.6 Å². The van der Waals surface area contributed by atoms with Crippen LogP contribution in [0.1, 0.15) is 35.7 Å². The number of hydrogen-bond donors (Lipinski definition) is 1.